The Bertz CT molecular complexity index is 521. The molecule has 4 aliphatic carbocycles. The highest BCUT2D eigenvalue weighted by Crippen LogP contribution is 2.59. The van der Waals surface area contributed by atoms with Crippen molar-refractivity contribution < 1.29 is 0 Å². The van der Waals surface area contributed by atoms with Crippen LogP contribution in [0, 0.1) is 11.8 Å². The molecule has 4 fully saturated rings. The molecule has 4 saturated carbocycles. The summed E-state index contributed by atoms with van der Waals surface area (Å²) in [4.78, 5) is 0. The zero-order valence-corrected chi connectivity index (χ0v) is 16.4. The molecule has 0 spiro atoms. The van der Waals surface area contributed by atoms with E-state index in [4.69, 9.17) is 0 Å². The summed E-state index contributed by atoms with van der Waals surface area (Å²) in [6.07, 6.45) is 22.5. The van der Waals surface area contributed by atoms with Gasteiger partial charge in [0.2, 0.25) is 0 Å². The van der Waals surface area contributed by atoms with E-state index in [1.165, 1.54) is 89.9 Å². The Morgan fingerprint density at radius 3 is 2.08 bits per heavy atom. The van der Waals surface area contributed by atoms with Crippen LogP contribution >= 0.6 is 0 Å². The van der Waals surface area contributed by atoms with Gasteiger partial charge in [0.25, 0.3) is 0 Å². The minimum atomic E-state index is 0.533. The highest BCUT2D eigenvalue weighted by atomic mass is 14.5. The Hall–Kier alpha value is -0.780. The minimum Gasteiger partial charge on any atom is -0.0654 e. The van der Waals surface area contributed by atoms with E-state index in [9.17, 15) is 0 Å². The SMILES string of the molecule is CCCCCC12CCC(c3ccc(C4CC[CH]CC4)cc3)(CC1)CC2. The smallest absolute Gasteiger partial charge is 0.00463 e. The molecule has 2 bridgehead atoms. The fourth-order valence-electron chi connectivity index (χ4n) is 6.19. The highest BCUT2D eigenvalue weighted by molar-refractivity contribution is 5.33. The maximum absolute atomic E-state index is 2.52. The van der Waals surface area contributed by atoms with Crippen LogP contribution in [0.5, 0.6) is 0 Å². The van der Waals surface area contributed by atoms with Gasteiger partial charge in [-0.25, -0.2) is 0 Å². The van der Waals surface area contributed by atoms with Gasteiger partial charge in [0.05, 0.1) is 0 Å². The summed E-state index contributed by atoms with van der Waals surface area (Å²) in [6.45, 7) is 2.33. The standard InChI is InChI=1S/C25H37/c1-2-3-7-14-24-15-18-25(19-16-24,20-17-24)23-12-10-22(11-13-23)21-8-5-4-6-9-21/h4,10-13,21H,2-3,5-9,14-20H2,1H3. The second-order valence-electron chi connectivity index (χ2n) is 9.50. The summed E-state index contributed by atoms with van der Waals surface area (Å²) in [7, 11) is 0. The number of benzene rings is 1. The van der Waals surface area contributed by atoms with Crippen molar-refractivity contribution in [3.05, 3.63) is 41.8 Å². The highest BCUT2D eigenvalue weighted by Gasteiger charge is 2.48. The second-order valence-corrected chi connectivity index (χ2v) is 9.50. The fourth-order valence-corrected chi connectivity index (χ4v) is 6.19. The van der Waals surface area contributed by atoms with Gasteiger partial charge in [0, 0.05) is 0 Å². The molecule has 0 unspecified atom stereocenters. The minimum absolute atomic E-state index is 0.533. The zero-order chi connectivity index (χ0) is 17.2. The molecule has 1 aromatic carbocycles. The van der Waals surface area contributed by atoms with Crippen molar-refractivity contribution in [1.29, 1.82) is 0 Å². The van der Waals surface area contributed by atoms with E-state index >= 15 is 0 Å². The molecule has 0 amide bonds. The molecule has 0 aliphatic heterocycles. The lowest BCUT2D eigenvalue weighted by Gasteiger charge is -2.54. The topological polar surface area (TPSA) is 0 Å². The molecular formula is C25H37. The van der Waals surface area contributed by atoms with E-state index in [-0.39, 0.29) is 0 Å². The van der Waals surface area contributed by atoms with Crippen LogP contribution < -0.4 is 0 Å². The van der Waals surface area contributed by atoms with Gasteiger partial charge < -0.3 is 0 Å². The van der Waals surface area contributed by atoms with Crippen LogP contribution in [0.3, 0.4) is 0 Å². The first kappa shape index (κ1) is 17.6. The Morgan fingerprint density at radius 1 is 0.840 bits per heavy atom. The van der Waals surface area contributed by atoms with E-state index in [1.807, 2.05) is 0 Å². The zero-order valence-electron chi connectivity index (χ0n) is 16.4. The van der Waals surface area contributed by atoms with Crippen LogP contribution in [-0.2, 0) is 5.41 Å². The lowest BCUT2D eigenvalue weighted by atomic mass is 9.51. The molecule has 1 aromatic rings. The largest absolute Gasteiger partial charge is 0.0654 e. The van der Waals surface area contributed by atoms with Crippen LogP contribution in [0.25, 0.3) is 0 Å². The molecule has 0 heteroatoms. The van der Waals surface area contributed by atoms with Gasteiger partial charge >= 0.3 is 0 Å². The Kier molecular flexibility index (Phi) is 5.25. The van der Waals surface area contributed by atoms with Gasteiger partial charge in [-0.15, -0.1) is 0 Å². The van der Waals surface area contributed by atoms with Gasteiger partial charge in [-0.3, -0.25) is 0 Å². The monoisotopic (exact) mass is 337 g/mol. The molecule has 137 valence electrons. The van der Waals surface area contributed by atoms with Crippen molar-refractivity contribution in [3.63, 3.8) is 0 Å². The van der Waals surface area contributed by atoms with Crippen molar-refractivity contribution in [2.24, 2.45) is 5.41 Å². The summed E-state index contributed by atoms with van der Waals surface area (Å²) >= 11 is 0. The summed E-state index contributed by atoms with van der Waals surface area (Å²) in [5.74, 6) is 0.820. The average molecular weight is 338 g/mol. The molecule has 25 heavy (non-hydrogen) atoms. The van der Waals surface area contributed by atoms with E-state index in [0.29, 0.717) is 5.41 Å². The van der Waals surface area contributed by atoms with Gasteiger partial charge in [-0.1, -0.05) is 50.5 Å². The van der Waals surface area contributed by atoms with Gasteiger partial charge in [0.15, 0.2) is 0 Å². The Labute approximate surface area is 155 Å². The normalized spacial score (nSPS) is 32.8. The molecule has 0 N–H and O–H groups in total. The van der Waals surface area contributed by atoms with Crippen molar-refractivity contribution in [2.45, 2.75) is 108 Å². The lowest BCUT2D eigenvalue weighted by molar-refractivity contribution is 0.0305. The molecule has 1 radical (unpaired) electrons. The first-order valence-corrected chi connectivity index (χ1v) is 11.2. The molecule has 5 rings (SSSR count). The lowest BCUT2D eigenvalue weighted by Crippen LogP contribution is -2.44. The van der Waals surface area contributed by atoms with E-state index in [2.05, 4.69) is 37.6 Å². The van der Waals surface area contributed by atoms with Crippen LogP contribution in [0.4, 0.5) is 0 Å². The molecule has 0 atom stereocenters. The Balaban J connectivity index is 1.41. The maximum Gasteiger partial charge on any atom is -0.00463 e. The van der Waals surface area contributed by atoms with Gasteiger partial charge in [-0.05, 0) is 105 Å². The number of unbranched alkanes of at least 4 members (excludes halogenated alkanes) is 2. The van der Waals surface area contributed by atoms with Crippen LogP contribution in [0.15, 0.2) is 24.3 Å². The quantitative estimate of drug-likeness (QED) is 0.466. The first-order valence-electron chi connectivity index (χ1n) is 11.2. The summed E-state index contributed by atoms with van der Waals surface area (Å²) in [6, 6.07) is 10.0. The summed E-state index contributed by atoms with van der Waals surface area (Å²) in [5.41, 5.74) is 4.54. The van der Waals surface area contributed by atoms with Crippen molar-refractivity contribution in [1.82, 2.24) is 0 Å². The maximum atomic E-state index is 2.52. The predicted molar refractivity (Wildman–Crippen MR) is 108 cm³/mol. The van der Waals surface area contributed by atoms with E-state index < -0.39 is 0 Å². The van der Waals surface area contributed by atoms with Crippen LogP contribution in [0.2, 0.25) is 0 Å². The van der Waals surface area contributed by atoms with Crippen molar-refractivity contribution >= 4 is 0 Å². The van der Waals surface area contributed by atoms with Crippen molar-refractivity contribution in [3.8, 4) is 0 Å². The third kappa shape index (κ3) is 3.56. The second kappa shape index (κ2) is 7.45. The third-order valence-corrected chi connectivity index (χ3v) is 8.15. The third-order valence-electron chi connectivity index (χ3n) is 8.15. The molecule has 0 saturated heterocycles. The van der Waals surface area contributed by atoms with Crippen molar-refractivity contribution in [2.75, 3.05) is 0 Å². The number of hydrogen-bond acceptors (Lipinski definition) is 0. The first-order chi connectivity index (χ1) is 12.3. The number of fused-ring (bicyclic) bond motifs is 3. The Morgan fingerprint density at radius 2 is 1.48 bits per heavy atom. The molecule has 4 aliphatic rings. The van der Waals surface area contributed by atoms with Gasteiger partial charge in [-0.2, -0.15) is 0 Å². The summed E-state index contributed by atoms with van der Waals surface area (Å²) < 4.78 is 0. The van der Waals surface area contributed by atoms with Crippen LogP contribution in [-0.4, -0.2) is 0 Å². The fraction of sp³-hybridized carbons (Fsp3) is 0.720. The van der Waals surface area contributed by atoms with Gasteiger partial charge in [0.1, 0.15) is 0 Å². The molecular weight excluding hydrogens is 300 g/mol. The van der Waals surface area contributed by atoms with E-state index in [0.717, 1.165) is 11.3 Å². The molecule has 0 nitrogen and oxygen atoms in total. The number of rotatable bonds is 6. The number of hydrogen-bond donors (Lipinski definition) is 0. The molecule has 0 heterocycles. The van der Waals surface area contributed by atoms with Crippen LogP contribution in [0.1, 0.15) is 114 Å². The van der Waals surface area contributed by atoms with E-state index in [1.54, 1.807) is 11.1 Å². The predicted octanol–water partition coefficient (Wildman–Crippen LogP) is 7.72. The molecule has 0 aromatic heterocycles. The average Bonchev–Trinajstić information content (AvgIpc) is 2.70. The summed E-state index contributed by atoms with van der Waals surface area (Å²) in [5, 5.41) is 0.